The molecule has 2 atom stereocenters. The maximum Gasteiger partial charge on any atom is 0.260 e. The van der Waals surface area contributed by atoms with Crippen LogP contribution in [0, 0.1) is 0 Å². The average molecular weight is 429 g/mol. The summed E-state index contributed by atoms with van der Waals surface area (Å²) in [5.41, 5.74) is 2.77. The van der Waals surface area contributed by atoms with Crippen molar-refractivity contribution in [1.82, 2.24) is 4.90 Å². The van der Waals surface area contributed by atoms with E-state index in [1.807, 2.05) is 19.4 Å². The van der Waals surface area contributed by atoms with Gasteiger partial charge in [0.15, 0.2) is 10.7 Å². The van der Waals surface area contributed by atoms with Crippen molar-refractivity contribution in [2.75, 3.05) is 13.3 Å². The van der Waals surface area contributed by atoms with Crippen LogP contribution < -0.4 is 0 Å². The molecule has 0 saturated carbocycles. The largest absolute Gasteiger partial charge is 0.292 e. The monoisotopic (exact) mass is 428 g/mol. The molecule has 1 heterocycles. The minimum Gasteiger partial charge on any atom is -0.292 e. The number of carbonyl (C=O) groups excluding carboxylic acids is 1. The number of likely N-dealkylation sites (N-methyl/N-ethyl adjacent to an activating group) is 1. The number of amides is 1. The van der Waals surface area contributed by atoms with Gasteiger partial charge < -0.3 is 0 Å². The van der Waals surface area contributed by atoms with Crippen LogP contribution in [0.2, 0.25) is 0 Å². The van der Waals surface area contributed by atoms with Gasteiger partial charge in [0.05, 0.1) is 0 Å². The number of benzene rings is 2. The number of aliphatic imine (C=N–C) groups is 1. The van der Waals surface area contributed by atoms with Crippen LogP contribution in [-0.4, -0.2) is 29.3 Å². The normalized spacial score (nSPS) is 25.2. The smallest absolute Gasteiger partial charge is 0.260 e. The Bertz CT molecular complexity index is 883. The van der Waals surface area contributed by atoms with Gasteiger partial charge in [-0.15, -0.1) is 0 Å². The second-order valence-electron chi connectivity index (χ2n) is 6.97. The molecule has 0 aromatic heterocycles. The van der Waals surface area contributed by atoms with E-state index in [9.17, 15) is 4.79 Å². The van der Waals surface area contributed by atoms with Gasteiger partial charge in [-0.1, -0.05) is 64.1 Å². The van der Waals surface area contributed by atoms with Gasteiger partial charge in [-0.3, -0.25) is 9.69 Å². The molecule has 2 aromatic carbocycles. The van der Waals surface area contributed by atoms with E-state index in [1.165, 1.54) is 22.9 Å². The number of fused-ring (bicyclic) bond motifs is 2. The van der Waals surface area contributed by atoms with Crippen LogP contribution in [0.3, 0.4) is 0 Å². The molecule has 2 aliphatic rings. The van der Waals surface area contributed by atoms with Gasteiger partial charge in [0.2, 0.25) is 0 Å². The second-order valence-corrected chi connectivity index (χ2v) is 8.66. The predicted molar refractivity (Wildman–Crippen MR) is 112 cm³/mol. The lowest BCUT2D eigenvalue weighted by Gasteiger charge is -2.28. The zero-order valence-electron chi connectivity index (χ0n) is 14.9. The number of halogens is 1. The zero-order valence-corrected chi connectivity index (χ0v) is 17.3. The summed E-state index contributed by atoms with van der Waals surface area (Å²) >= 11 is 5.13. The van der Waals surface area contributed by atoms with Crippen molar-refractivity contribution in [2.24, 2.45) is 4.99 Å². The molecule has 1 aliphatic heterocycles. The number of hydrogen-bond donors (Lipinski definition) is 0. The van der Waals surface area contributed by atoms with Crippen LogP contribution in [0.1, 0.15) is 35.4 Å². The molecule has 0 saturated heterocycles. The Morgan fingerprint density at radius 3 is 2.69 bits per heavy atom. The number of rotatable bonds is 1. The zero-order chi connectivity index (χ0) is 18.3. The summed E-state index contributed by atoms with van der Waals surface area (Å²) in [6.45, 7) is 0. The first-order chi connectivity index (χ1) is 12.5. The highest BCUT2D eigenvalue weighted by Gasteiger charge is 2.51. The highest BCUT2D eigenvalue weighted by atomic mass is 79.9. The number of carbonyl (C=O) groups is 1. The number of hydrogen-bond acceptors (Lipinski definition) is 3. The molecule has 0 bridgehead atoms. The number of aryl methyl sites for hydroxylation is 1. The molecule has 3 nitrogen and oxygen atoms in total. The first-order valence-corrected chi connectivity index (χ1v) is 10.8. The van der Waals surface area contributed by atoms with Crippen molar-refractivity contribution in [2.45, 2.75) is 30.7 Å². The first kappa shape index (κ1) is 17.8. The summed E-state index contributed by atoms with van der Waals surface area (Å²) in [5, 5.41) is 0.801. The minimum atomic E-state index is -0.816. The van der Waals surface area contributed by atoms with Crippen molar-refractivity contribution >= 4 is 38.8 Å². The fraction of sp³-hybridized carbons (Fsp3) is 0.333. The van der Waals surface area contributed by atoms with Crippen molar-refractivity contribution in [3.8, 4) is 0 Å². The van der Waals surface area contributed by atoms with E-state index in [1.54, 1.807) is 4.90 Å². The summed E-state index contributed by atoms with van der Waals surface area (Å²) in [5.74, 6) is 0.397. The number of thioether (sulfide) groups is 1. The Morgan fingerprint density at radius 1 is 1.23 bits per heavy atom. The van der Waals surface area contributed by atoms with Crippen LogP contribution in [-0.2, 0) is 16.8 Å². The molecule has 2 aromatic rings. The SMILES string of the molecule is CSC1=NC2(CC(c3ccccc3)CCc3ccc(Br)cc32)C(=O)N1C. The fourth-order valence-corrected chi connectivity index (χ4v) is 5.17. The highest BCUT2D eigenvalue weighted by molar-refractivity contribution is 9.10. The van der Waals surface area contributed by atoms with E-state index >= 15 is 0 Å². The predicted octanol–water partition coefficient (Wildman–Crippen LogP) is 4.96. The summed E-state index contributed by atoms with van der Waals surface area (Å²) in [7, 11) is 1.84. The topological polar surface area (TPSA) is 32.7 Å². The molecule has 2 unspecified atom stereocenters. The summed E-state index contributed by atoms with van der Waals surface area (Å²) in [4.78, 5) is 20.2. The third-order valence-electron chi connectivity index (χ3n) is 5.51. The number of nitrogens with zero attached hydrogens (tertiary/aromatic N) is 2. The maximum atomic E-state index is 13.4. The molecule has 1 aliphatic carbocycles. The Kier molecular flexibility index (Phi) is 4.70. The van der Waals surface area contributed by atoms with Crippen LogP contribution in [0.5, 0.6) is 0 Å². The van der Waals surface area contributed by atoms with Crippen molar-refractivity contribution in [3.63, 3.8) is 0 Å². The van der Waals surface area contributed by atoms with Gasteiger partial charge in [-0.05, 0) is 60.3 Å². The van der Waals surface area contributed by atoms with Crippen LogP contribution in [0.4, 0.5) is 0 Å². The molecule has 4 rings (SSSR count). The van der Waals surface area contributed by atoms with E-state index in [0.717, 1.165) is 28.0 Å². The third kappa shape index (κ3) is 2.81. The van der Waals surface area contributed by atoms with Gasteiger partial charge in [-0.25, -0.2) is 4.99 Å². The number of amidine groups is 1. The Labute approximate surface area is 167 Å². The molecule has 134 valence electrons. The Balaban J connectivity index is 1.89. The van der Waals surface area contributed by atoms with Gasteiger partial charge in [0, 0.05) is 11.5 Å². The van der Waals surface area contributed by atoms with Crippen LogP contribution >= 0.6 is 27.7 Å². The molecule has 0 N–H and O–H groups in total. The molecular weight excluding hydrogens is 408 g/mol. The van der Waals surface area contributed by atoms with Crippen LogP contribution in [0.25, 0.3) is 0 Å². The lowest BCUT2D eigenvalue weighted by molar-refractivity contribution is -0.130. The van der Waals surface area contributed by atoms with Crippen LogP contribution in [0.15, 0.2) is 58.0 Å². The first-order valence-electron chi connectivity index (χ1n) is 8.81. The van der Waals surface area contributed by atoms with Gasteiger partial charge in [-0.2, -0.15) is 0 Å². The fourth-order valence-electron chi connectivity index (χ4n) is 4.20. The molecule has 1 spiro atoms. The quantitative estimate of drug-likeness (QED) is 0.642. The van der Waals surface area contributed by atoms with Gasteiger partial charge >= 0.3 is 0 Å². The summed E-state index contributed by atoms with van der Waals surface area (Å²) < 4.78 is 0.997. The van der Waals surface area contributed by atoms with E-state index in [4.69, 9.17) is 4.99 Å². The minimum absolute atomic E-state index is 0.0871. The van der Waals surface area contributed by atoms with Gasteiger partial charge in [0.1, 0.15) is 0 Å². The summed E-state index contributed by atoms with van der Waals surface area (Å²) in [6.07, 6.45) is 4.69. The van der Waals surface area contributed by atoms with Gasteiger partial charge in [0.25, 0.3) is 5.91 Å². The highest BCUT2D eigenvalue weighted by Crippen LogP contribution is 2.48. The lowest BCUT2D eigenvalue weighted by Crippen LogP contribution is -2.39. The Hall–Kier alpha value is -1.59. The maximum absolute atomic E-state index is 13.4. The molecule has 0 radical (unpaired) electrons. The van der Waals surface area contributed by atoms with E-state index in [0.29, 0.717) is 12.3 Å². The van der Waals surface area contributed by atoms with Crippen molar-refractivity contribution < 1.29 is 4.79 Å². The van der Waals surface area contributed by atoms with Crippen molar-refractivity contribution in [3.05, 3.63) is 69.7 Å². The molecular formula is C21H21BrN2OS. The lowest BCUT2D eigenvalue weighted by atomic mass is 9.79. The Morgan fingerprint density at radius 2 is 2.00 bits per heavy atom. The standard InChI is InChI=1S/C21H21BrN2OS/c1-24-19(25)21(23-20(24)26-2)13-16(14-6-4-3-5-7-14)9-8-15-10-11-17(22)12-18(15)21/h3-7,10-12,16H,8-9,13H2,1-2H3. The van der Waals surface area contributed by atoms with E-state index < -0.39 is 5.54 Å². The molecule has 0 fully saturated rings. The molecule has 1 amide bonds. The average Bonchev–Trinajstić information content (AvgIpc) is 2.81. The van der Waals surface area contributed by atoms with Crippen molar-refractivity contribution in [1.29, 1.82) is 0 Å². The second kappa shape index (κ2) is 6.86. The van der Waals surface area contributed by atoms with E-state index in [-0.39, 0.29) is 5.91 Å². The third-order valence-corrected chi connectivity index (χ3v) is 6.73. The summed E-state index contributed by atoms with van der Waals surface area (Å²) in [6, 6.07) is 16.9. The molecule has 26 heavy (non-hydrogen) atoms. The molecule has 5 heteroatoms. The van der Waals surface area contributed by atoms with E-state index in [2.05, 4.69) is 58.4 Å².